The maximum Gasteiger partial charge on any atom is 0.336 e. The molecule has 0 spiro atoms. The number of carboxylic acids is 1. The molecule has 18 heavy (non-hydrogen) atoms. The normalized spacial score (nSPS) is 10.6. The molecule has 1 aromatic rings. The second-order valence-corrected chi connectivity index (χ2v) is 5.81. The van der Waals surface area contributed by atoms with Gasteiger partial charge in [-0.2, -0.15) is 0 Å². The van der Waals surface area contributed by atoms with Crippen LogP contribution in [0.25, 0.3) is 0 Å². The van der Waals surface area contributed by atoms with Crippen molar-refractivity contribution >= 4 is 33.7 Å². The fourth-order valence-corrected chi connectivity index (χ4v) is 2.81. The van der Waals surface area contributed by atoms with Gasteiger partial charge in [-0.05, 0) is 24.6 Å². The van der Waals surface area contributed by atoms with Gasteiger partial charge in [0.05, 0.1) is 12.2 Å². The Kier molecular flexibility index (Phi) is 7.39. The van der Waals surface area contributed by atoms with Crippen LogP contribution < -0.4 is 0 Å². The van der Waals surface area contributed by atoms with E-state index in [0.717, 1.165) is 34.6 Å². The SMILES string of the molecule is CCCCOCCSc1cc(Br)ccc1C(=O)O. The monoisotopic (exact) mass is 332 g/mol. The Labute approximate surface area is 120 Å². The number of aromatic carboxylic acids is 1. The van der Waals surface area contributed by atoms with Crippen molar-refractivity contribution in [1.82, 2.24) is 0 Å². The summed E-state index contributed by atoms with van der Waals surface area (Å²) in [7, 11) is 0. The van der Waals surface area contributed by atoms with Crippen LogP contribution in [0.1, 0.15) is 30.1 Å². The van der Waals surface area contributed by atoms with E-state index >= 15 is 0 Å². The second kappa shape index (κ2) is 8.56. The van der Waals surface area contributed by atoms with Gasteiger partial charge in [-0.15, -0.1) is 11.8 Å². The van der Waals surface area contributed by atoms with Crippen LogP contribution in [0.15, 0.2) is 27.6 Å². The molecule has 1 rings (SSSR count). The molecule has 0 unspecified atom stereocenters. The molecule has 5 heteroatoms. The first-order valence-corrected chi connectivity index (χ1v) is 7.66. The quantitative estimate of drug-likeness (QED) is 0.576. The van der Waals surface area contributed by atoms with Gasteiger partial charge in [0.1, 0.15) is 0 Å². The highest BCUT2D eigenvalue weighted by Gasteiger charge is 2.10. The number of unbranched alkanes of at least 4 members (excludes halogenated alkanes) is 1. The van der Waals surface area contributed by atoms with Crippen LogP contribution in [-0.4, -0.2) is 30.0 Å². The summed E-state index contributed by atoms with van der Waals surface area (Å²) in [6.07, 6.45) is 2.20. The summed E-state index contributed by atoms with van der Waals surface area (Å²) in [5.74, 6) is -0.127. The minimum atomic E-state index is -0.892. The minimum Gasteiger partial charge on any atom is -0.478 e. The number of halogens is 1. The van der Waals surface area contributed by atoms with Crippen molar-refractivity contribution in [2.24, 2.45) is 0 Å². The highest BCUT2D eigenvalue weighted by molar-refractivity contribution is 9.10. The number of carbonyl (C=O) groups is 1. The molecule has 0 atom stereocenters. The van der Waals surface area contributed by atoms with Gasteiger partial charge in [-0.3, -0.25) is 0 Å². The van der Waals surface area contributed by atoms with Crippen molar-refractivity contribution in [2.75, 3.05) is 19.0 Å². The fourth-order valence-electron chi connectivity index (χ4n) is 1.35. The van der Waals surface area contributed by atoms with E-state index in [4.69, 9.17) is 9.84 Å². The standard InChI is InChI=1S/C13H17BrO3S/c1-2-3-6-17-7-8-18-12-9-10(14)4-5-11(12)13(15)16/h4-5,9H,2-3,6-8H2,1H3,(H,15,16). The van der Waals surface area contributed by atoms with Gasteiger partial charge in [-0.25, -0.2) is 4.79 Å². The molecule has 0 saturated carbocycles. The van der Waals surface area contributed by atoms with Crippen molar-refractivity contribution < 1.29 is 14.6 Å². The molecule has 0 heterocycles. The van der Waals surface area contributed by atoms with Crippen molar-refractivity contribution in [3.8, 4) is 0 Å². The average molecular weight is 333 g/mol. The van der Waals surface area contributed by atoms with Crippen molar-refractivity contribution in [3.05, 3.63) is 28.2 Å². The molecule has 0 aliphatic carbocycles. The summed E-state index contributed by atoms with van der Waals surface area (Å²) in [6, 6.07) is 5.19. The highest BCUT2D eigenvalue weighted by atomic mass is 79.9. The summed E-state index contributed by atoms with van der Waals surface area (Å²) in [5, 5.41) is 9.07. The lowest BCUT2D eigenvalue weighted by Gasteiger charge is -2.07. The summed E-state index contributed by atoms with van der Waals surface area (Å²) < 4.78 is 6.34. The lowest BCUT2D eigenvalue weighted by Crippen LogP contribution is -2.02. The first-order valence-electron chi connectivity index (χ1n) is 5.88. The molecule has 0 aliphatic rings. The zero-order chi connectivity index (χ0) is 13.4. The van der Waals surface area contributed by atoms with Crippen LogP contribution >= 0.6 is 27.7 Å². The van der Waals surface area contributed by atoms with Gasteiger partial charge < -0.3 is 9.84 Å². The molecule has 0 fully saturated rings. The molecule has 1 aromatic carbocycles. The number of hydrogen-bond acceptors (Lipinski definition) is 3. The lowest BCUT2D eigenvalue weighted by molar-refractivity contribution is 0.0693. The zero-order valence-corrected chi connectivity index (χ0v) is 12.7. The molecule has 0 bridgehead atoms. The van der Waals surface area contributed by atoms with Crippen LogP contribution in [0.4, 0.5) is 0 Å². The highest BCUT2D eigenvalue weighted by Crippen LogP contribution is 2.26. The van der Waals surface area contributed by atoms with Gasteiger partial charge in [0.2, 0.25) is 0 Å². The van der Waals surface area contributed by atoms with E-state index in [-0.39, 0.29) is 0 Å². The average Bonchev–Trinajstić information content (AvgIpc) is 2.33. The first-order chi connectivity index (χ1) is 8.65. The Hall–Kier alpha value is -0.520. The van der Waals surface area contributed by atoms with Gasteiger partial charge in [-0.1, -0.05) is 29.3 Å². The van der Waals surface area contributed by atoms with Crippen LogP contribution in [0, 0.1) is 0 Å². The van der Waals surface area contributed by atoms with Crippen molar-refractivity contribution in [3.63, 3.8) is 0 Å². The Morgan fingerprint density at radius 3 is 2.89 bits per heavy atom. The van der Waals surface area contributed by atoms with Crippen LogP contribution in [0.3, 0.4) is 0 Å². The molecule has 0 amide bonds. The molecule has 1 N–H and O–H groups in total. The number of benzene rings is 1. The maximum atomic E-state index is 11.0. The predicted molar refractivity (Wildman–Crippen MR) is 77.6 cm³/mol. The summed E-state index contributed by atoms with van der Waals surface area (Å²) >= 11 is 4.86. The van der Waals surface area contributed by atoms with Crippen molar-refractivity contribution in [2.45, 2.75) is 24.7 Å². The van der Waals surface area contributed by atoms with Crippen LogP contribution in [0.5, 0.6) is 0 Å². The summed E-state index contributed by atoms with van der Waals surface area (Å²) in [5.41, 5.74) is 0.344. The van der Waals surface area contributed by atoms with E-state index in [9.17, 15) is 4.79 Å². The first kappa shape index (κ1) is 15.5. The van der Waals surface area contributed by atoms with E-state index in [1.807, 2.05) is 6.07 Å². The van der Waals surface area contributed by atoms with Crippen LogP contribution in [-0.2, 0) is 4.74 Å². The fraction of sp³-hybridized carbons (Fsp3) is 0.462. The van der Waals surface area contributed by atoms with Crippen molar-refractivity contribution in [1.29, 1.82) is 0 Å². The van der Waals surface area contributed by atoms with E-state index in [1.165, 1.54) is 11.8 Å². The zero-order valence-electron chi connectivity index (χ0n) is 10.3. The van der Waals surface area contributed by atoms with E-state index in [1.54, 1.807) is 12.1 Å². The predicted octanol–water partition coefficient (Wildman–Crippen LogP) is 4.06. The third kappa shape index (κ3) is 5.42. The largest absolute Gasteiger partial charge is 0.478 e. The number of rotatable bonds is 8. The Bertz CT molecular complexity index is 396. The molecular formula is C13H17BrO3S. The number of thioether (sulfide) groups is 1. The maximum absolute atomic E-state index is 11.0. The Morgan fingerprint density at radius 1 is 1.44 bits per heavy atom. The molecular weight excluding hydrogens is 316 g/mol. The summed E-state index contributed by atoms with van der Waals surface area (Å²) in [6.45, 7) is 3.55. The van der Waals surface area contributed by atoms with Gasteiger partial charge in [0.15, 0.2) is 0 Å². The molecule has 0 aromatic heterocycles. The van der Waals surface area contributed by atoms with Gasteiger partial charge in [0.25, 0.3) is 0 Å². The second-order valence-electron chi connectivity index (χ2n) is 3.76. The number of ether oxygens (including phenoxy) is 1. The molecule has 0 saturated heterocycles. The van der Waals surface area contributed by atoms with Crippen LogP contribution in [0.2, 0.25) is 0 Å². The third-order valence-corrected chi connectivity index (χ3v) is 3.81. The molecule has 3 nitrogen and oxygen atoms in total. The summed E-state index contributed by atoms with van der Waals surface area (Å²) in [4.78, 5) is 11.8. The third-order valence-electron chi connectivity index (χ3n) is 2.30. The minimum absolute atomic E-state index is 0.344. The number of hydrogen-bond donors (Lipinski definition) is 1. The Balaban J connectivity index is 2.45. The van der Waals surface area contributed by atoms with Gasteiger partial charge in [0, 0.05) is 21.7 Å². The molecule has 100 valence electrons. The number of carboxylic acid groups (broad SMARTS) is 1. The smallest absolute Gasteiger partial charge is 0.336 e. The Morgan fingerprint density at radius 2 is 2.22 bits per heavy atom. The molecule has 0 radical (unpaired) electrons. The van der Waals surface area contributed by atoms with E-state index in [0.29, 0.717) is 12.2 Å². The molecule has 0 aliphatic heterocycles. The van der Waals surface area contributed by atoms with E-state index < -0.39 is 5.97 Å². The topological polar surface area (TPSA) is 46.5 Å². The lowest BCUT2D eigenvalue weighted by atomic mass is 10.2. The van der Waals surface area contributed by atoms with Gasteiger partial charge >= 0.3 is 5.97 Å². The van der Waals surface area contributed by atoms with E-state index in [2.05, 4.69) is 22.9 Å².